The first-order valence-electron chi connectivity index (χ1n) is 15.7. The van der Waals surface area contributed by atoms with Crippen LogP contribution in [0.4, 0.5) is 30.7 Å². The number of aromatic nitrogens is 1. The van der Waals surface area contributed by atoms with Crippen molar-refractivity contribution in [1.82, 2.24) is 14.6 Å². The third-order valence-corrected chi connectivity index (χ3v) is 10.7. The molecule has 1 aromatic heterocycles. The Morgan fingerprint density at radius 2 is 1.59 bits per heavy atom. The van der Waals surface area contributed by atoms with Crippen molar-refractivity contribution in [3.05, 3.63) is 125 Å². The first kappa shape index (κ1) is 37.9. The number of rotatable bonds is 12. The third kappa shape index (κ3) is 9.11. The van der Waals surface area contributed by atoms with E-state index in [1.165, 1.54) is 22.6 Å². The zero-order valence-corrected chi connectivity index (χ0v) is 27.8. The lowest BCUT2D eigenvalue weighted by molar-refractivity contribution is -0.274. The first-order valence-corrected chi connectivity index (χ1v) is 17.2. The summed E-state index contributed by atoms with van der Waals surface area (Å²) in [5, 5.41) is 3.14. The summed E-state index contributed by atoms with van der Waals surface area (Å²) in [6.07, 6.45) is -3.16. The summed E-state index contributed by atoms with van der Waals surface area (Å²) in [7, 11) is -4.24. The SMILES string of the molecule is C[C@@H]1CNC[C@H](CCc2c(F)cncc2CC(=O)[C@@H](N)[C@@H](c2ccc(F)cc2)c2cc(F)cc(F)c2)N1S(=O)(=O)c1ccc(OC(F)(F)F)cc1. The van der Waals surface area contributed by atoms with Gasteiger partial charge in [-0.2, -0.15) is 4.31 Å². The van der Waals surface area contributed by atoms with Gasteiger partial charge in [0.05, 0.1) is 17.1 Å². The second-order valence-corrected chi connectivity index (χ2v) is 14.1. The molecule has 1 aliphatic rings. The highest BCUT2D eigenvalue weighted by Crippen LogP contribution is 2.32. The van der Waals surface area contributed by atoms with E-state index in [1.54, 1.807) is 6.92 Å². The zero-order valence-electron chi connectivity index (χ0n) is 27.0. The van der Waals surface area contributed by atoms with E-state index in [-0.39, 0.29) is 47.5 Å². The van der Waals surface area contributed by atoms with Gasteiger partial charge in [-0.25, -0.2) is 26.0 Å². The summed E-state index contributed by atoms with van der Waals surface area (Å²) in [6, 6.07) is 8.69. The minimum Gasteiger partial charge on any atom is -0.406 e. The van der Waals surface area contributed by atoms with Crippen LogP contribution in [0.2, 0.25) is 0 Å². The van der Waals surface area contributed by atoms with Crippen molar-refractivity contribution in [3.8, 4) is 5.75 Å². The van der Waals surface area contributed by atoms with Gasteiger partial charge in [-0.15, -0.1) is 13.2 Å². The van der Waals surface area contributed by atoms with Crippen molar-refractivity contribution in [1.29, 1.82) is 0 Å². The number of carbonyl (C=O) groups excluding carboxylic acids is 1. The number of ether oxygens (including phenoxy) is 1. The van der Waals surface area contributed by atoms with E-state index >= 15 is 4.39 Å². The number of halogens is 7. The van der Waals surface area contributed by atoms with Gasteiger partial charge < -0.3 is 15.8 Å². The average Bonchev–Trinajstić information content (AvgIpc) is 3.04. The molecule has 0 spiro atoms. The van der Waals surface area contributed by atoms with Crippen molar-refractivity contribution >= 4 is 15.8 Å². The molecule has 1 fully saturated rings. The Kier molecular flexibility index (Phi) is 11.5. The molecule has 1 saturated heterocycles. The number of hydrogen-bond acceptors (Lipinski definition) is 7. The van der Waals surface area contributed by atoms with Gasteiger partial charge >= 0.3 is 6.36 Å². The molecular weight excluding hydrogens is 705 g/mol. The predicted octanol–water partition coefficient (Wildman–Crippen LogP) is 5.79. The number of carbonyl (C=O) groups is 1. The average molecular weight is 739 g/mol. The van der Waals surface area contributed by atoms with Gasteiger partial charge in [0.25, 0.3) is 0 Å². The molecule has 3 N–H and O–H groups in total. The molecule has 2 heterocycles. The van der Waals surface area contributed by atoms with Gasteiger partial charge in [0.15, 0.2) is 5.78 Å². The smallest absolute Gasteiger partial charge is 0.406 e. The van der Waals surface area contributed by atoms with Gasteiger partial charge in [0.2, 0.25) is 10.0 Å². The van der Waals surface area contributed by atoms with E-state index in [2.05, 4.69) is 15.0 Å². The summed E-state index contributed by atoms with van der Waals surface area (Å²) in [5.41, 5.74) is 6.99. The maximum absolute atomic E-state index is 15.3. The number of Topliss-reactive ketones (excluding diaryl/α,β-unsaturated/α-hetero) is 1. The lowest BCUT2D eigenvalue weighted by atomic mass is 9.82. The predicted molar refractivity (Wildman–Crippen MR) is 172 cm³/mol. The lowest BCUT2D eigenvalue weighted by Crippen LogP contribution is -2.58. The van der Waals surface area contributed by atoms with Gasteiger partial charge in [-0.1, -0.05) is 12.1 Å². The van der Waals surface area contributed by atoms with Crippen molar-refractivity contribution in [2.45, 2.75) is 61.5 Å². The molecule has 272 valence electrons. The fraction of sp³-hybridized carbons (Fsp3) is 0.314. The van der Waals surface area contributed by atoms with Gasteiger partial charge in [0, 0.05) is 49.8 Å². The molecule has 4 aromatic rings. The van der Waals surface area contributed by atoms with Crippen molar-refractivity contribution in [3.63, 3.8) is 0 Å². The lowest BCUT2D eigenvalue weighted by Gasteiger charge is -2.40. The number of piperazine rings is 1. The van der Waals surface area contributed by atoms with E-state index in [4.69, 9.17) is 5.73 Å². The number of sulfonamides is 1. The Hall–Kier alpha value is -4.38. The van der Waals surface area contributed by atoms with Crippen LogP contribution in [-0.2, 0) is 27.7 Å². The molecule has 5 rings (SSSR count). The maximum Gasteiger partial charge on any atom is 0.573 e. The normalized spacial score (nSPS) is 18.3. The molecule has 8 nitrogen and oxygen atoms in total. The molecule has 0 bridgehead atoms. The van der Waals surface area contributed by atoms with Gasteiger partial charge in [-0.3, -0.25) is 9.78 Å². The van der Waals surface area contributed by atoms with Crippen LogP contribution in [0, 0.1) is 23.3 Å². The van der Waals surface area contributed by atoms with Gasteiger partial charge in [-0.05, 0) is 90.6 Å². The number of benzene rings is 3. The first-order chi connectivity index (χ1) is 24.0. The van der Waals surface area contributed by atoms with Crippen molar-refractivity contribution < 1.29 is 48.7 Å². The molecule has 16 heteroatoms. The Balaban J connectivity index is 1.37. The topological polar surface area (TPSA) is 115 Å². The molecule has 51 heavy (non-hydrogen) atoms. The van der Waals surface area contributed by atoms with Crippen LogP contribution in [0.3, 0.4) is 0 Å². The largest absolute Gasteiger partial charge is 0.573 e. The fourth-order valence-electron chi connectivity index (χ4n) is 6.36. The van der Waals surface area contributed by atoms with Crippen LogP contribution >= 0.6 is 0 Å². The summed E-state index contributed by atoms with van der Waals surface area (Å²) in [5.74, 6) is -5.50. The molecule has 0 radical (unpaired) electrons. The molecule has 0 saturated carbocycles. The van der Waals surface area contributed by atoms with E-state index in [1.807, 2.05) is 0 Å². The van der Waals surface area contributed by atoms with Crippen LogP contribution in [-0.4, -0.2) is 61.1 Å². The van der Waals surface area contributed by atoms with Crippen LogP contribution in [0.25, 0.3) is 0 Å². The van der Waals surface area contributed by atoms with E-state index in [0.717, 1.165) is 54.7 Å². The number of nitrogens with zero attached hydrogens (tertiary/aromatic N) is 2. The van der Waals surface area contributed by atoms with Crippen molar-refractivity contribution in [2.24, 2.45) is 5.73 Å². The standard InChI is InChI=1S/C35H33F7N4O4S/c1-20-16-44-18-27(46(20)51(48,49)29-9-7-28(8-10-29)50-35(40,41)42)6-11-30-23(17-45-19-31(30)39)14-32(47)34(43)33(21-2-4-24(36)5-3-21)22-12-25(37)15-26(38)13-22/h2-5,7-10,12-13,15,17,19-20,27,33-34,44H,6,11,14,16,18,43H2,1H3/t20-,27+,33+,34-/m1/s1. The highest BCUT2D eigenvalue weighted by molar-refractivity contribution is 7.89. The third-order valence-electron chi connectivity index (χ3n) is 8.64. The molecule has 3 aromatic carbocycles. The summed E-state index contributed by atoms with van der Waals surface area (Å²) in [4.78, 5) is 17.3. The van der Waals surface area contributed by atoms with Crippen LogP contribution < -0.4 is 15.8 Å². The summed E-state index contributed by atoms with van der Waals surface area (Å²) >= 11 is 0. The Morgan fingerprint density at radius 3 is 2.22 bits per heavy atom. The minimum atomic E-state index is -4.96. The second kappa shape index (κ2) is 15.5. The van der Waals surface area contributed by atoms with E-state index in [9.17, 15) is 39.6 Å². The van der Waals surface area contributed by atoms with Crippen LogP contribution in [0.1, 0.15) is 41.5 Å². The number of alkyl halides is 3. The van der Waals surface area contributed by atoms with Crippen LogP contribution in [0.5, 0.6) is 5.75 Å². The maximum atomic E-state index is 15.3. The molecule has 4 atom stereocenters. The summed E-state index contributed by atoms with van der Waals surface area (Å²) < 4.78 is 128. The number of hydrogen-bond donors (Lipinski definition) is 2. The molecular formula is C35H33F7N4O4S. The summed E-state index contributed by atoms with van der Waals surface area (Å²) in [6.45, 7) is 2.10. The monoisotopic (exact) mass is 738 g/mol. The fourth-order valence-corrected chi connectivity index (χ4v) is 8.21. The Morgan fingerprint density at radius 1 is 0.941 bits per heavy atom. The second-order valence-electron chi connectivity index (χ2n) is 12.2. The molecule has 1 aliphatic heterocycles. The zero-order chi connectivity index (χ0) is 37.1. The van der Waals surface area contributed by atoms with Crippen LogP contribution in [0.15, 0.2) is 84.0 Å². The minimum absolute atomic E-state index is 0.0280. The quantitative estimate of drug-likeness (QED) is 0.177. The Bertz CT molecular complexity index is 1940. The number of nitrogens with two attached hydrogens (primary N) is 1. The van der Waals surface area contributed by atoms with Crippen molar-refractivity contribution in [2.75, 3.05) is 13.1 Å². The Labute approximate surface area is 289 Å². The number of nitrogens with one attached hydrogen (secondary N) is 1. The number of ketones is 1. The highest BCUT2D eigenvalue weighted by Gasteiger charge is 2.38. The van der Waals surface area contributed by atoms with Gasteiger partial charge in [0.1, 0.15) is 29.0 Å². The van der Waals surface area contributed by atoms with E-state index in [0.29, 0.717) is 11.6 Å². The molecule has 0 aliphatic carbocycles. The highest BCUT2D eigenvalue weighted by atomic mass is 32.2. The molecule has 0 amide bonds. The number of pyridine rings is 1. The molecule has 0 unspecified atom stereocenters. The van der Waals surface area contributed by atoms with E-state index < -0.39 is 81.7 Å².